The molecule has 0 amide bonds. The molecule has 3 heterocycles. The predicted octanol–water partition coefficient (Wildman–Crippen LogP) is 3.58. The molecule has 0 bridgehead atoms. The molecule has 4 aromatic rings. The van der Waals surface area contributed by atoms with E-state index in [2.05, 4.69) is 19.9 Å². The number of halogens is 1. The van der Waals surface area contributed by atoms with Crippen LogP contribution in [0.25, 0.3) is 16.2 Å². The fourth-order valence-electron chi connectivity index (χ4n) is 3.96. The summed E-state index contributed by atoms with van der Waals surface area (Å²) in [5, 5.41) is 5.61. The van der Waals surface area contributed by atoms with Gasteiger partial charge in [-0.1, -0.05) is 29.5 Å². The van der Waals surface area contributed by atoms with E-state index in [1.807, 2.05) is 12.3 Å². The number of imidazole rings is 1. The highest BCUT2D eigenvalue weighted by Crippen LogP contribution is 2.27. The predicted molar refractivity (Wildman–Crippen MR) is 128 cm³/mol. The first-order chi connectivity index (χ1) is 16.0. The maximum Gasteiger partial charge on any atom is 0.214 e. The molecule has 0 atom stereocenters. The second-order valence-electron chi connectivity index (χ2n) is 8.06. The molecule has 5 rings (SSSR count). The molecule has 1 aliphatic rings. The van der Waals surface area contributed by atoms with Gasteiger partial charge in [-0.25, -0.2) is 22.3 Å². The third-order valence-corrected chi connectivity index (χ3v) is 8.60. The number of hydrogen-bond donors (Lipinski definition) is 0. The summed E-state index contributed by atoms with van der Waals surface area (Å²) in [5.74, 6) is -0.103. The van der Waals surface area contributed by atoms with Crippen molar-refractivity contribution in [2.75, 3.05) is 43.4 Å². The third kappa shape index (κ3) is 4.92. The van der Waals surface area contributed by atoms with Crippen LogP contribution < -0.4 is 4.90 Å². The maximum absolute atomic E-state index is 13.2. The minimum absolute atomic E-state index is 0.164. The van der Waals surface area contributed by atoms with Crippen molar-refractivity contribution in [1.29, 1.82) is 0 Å². The second-order valence-corrected chi connectivity index (χ2v) is 11.1. The number of rotatable bonds is 7. The van der Waals surface area contributed by atoms with Gasteiger partial charge in [0.15, 0.2) is 9.84 Å². The summed E-state index contributed by atoms with van der Waals surface area (Å²) in [4.78, 5) is 10.4. The Bertz CT molecular complexity index is 1300. The summed E-state index contributed by atoms with van der Waals surface area (Å²) >= 11 is 1.54. The van der Waals surface area contributed by atoms with Crippen molar-refractivity contribution >= 4 is 31.3 Å². The normalized spacial score (nSPS) is 15.4. The number of sulfone groups is 1. The van der Waals surface area contributed by atoms with Crippen molar-refractivity contribution in [1.82, 2.24) is 19.5 Å². The molecule has 1 aliphatic heterocycles. The van der Waals surface area contributed by atoms with E-state index in [-0.39, 0.29) is 11.6 Å². The highest BCUT2D eigenvalue weighted by atomic mass is 32.2. The first kappa shape index (κ1) is 22.0. The highest BCUT2D eigenvalue weighted by Gasteiger charge is 2.22. The van der Waals surface area contributed by atoms with Gasteiger partial charge >= 0.3 is 0 Å². The monoisotopic (exact) mass is 485 g/mol. The quantitative estimate of drug-likeness (QED) is 0.399. The summed E-state index contributed by atoms with van der Waals surface area (Å²) in [6, 6.07) is 14.9. The van der Waals surface area contributed by atoms with E-state index >= 15 is 0 Å². The number of aromatic nitrogens is 3. The Morgan fingerprint density at radius 3 is 2.39 bits per heavy atom. The Hall–Kier alpha value is -2.82. The van der Waals surface area contributed by atoms with Gasteiger partial charge in [0.1, 0.15) is 5.82 Å². The van der Waals surface area contributed by atoms with Crippen LogP contribution in [0.2, 0.25) is 0 Å². The number of piperazine rings is 1. The van der Waals surface area contributed by atoms with Crippen molar-refractivity contribution in [3.05, 3.63) is 66.6 Å². The molecule has 0 unspecified atom stereocenters. The van der Waals surface area contributed by atoms with E-state index in [1.165, 1.54) is 23.5 Å². The number of nitrogens with zero attached hydrogens (tertiary/aromatic N) is 5. The minimum atomic E-state index is -3.22. The third-order valence-electron chi connectivity index (χ3n) is 5.81. The first-order valence-electron chi connectivity index (χ1n) is 10.9. The summed E-state index contributed by atoms with van der Waals surface area (Å²) in [7, 11) is -3.22. The number of anilines is 1. The fourth-order valence-corrected chi connectivity index (χ4v) is 6.22. The van der Waals surface area contributed by atoms with Gasteiger partial charge in [-0.15, -0.1) is 5.10 Å². The van der Waals surface area contributed by atoms with E-state index in [9.17, 15) is 12.8 Å². The zero-order valence-corrected chi connectivity index (χ0v) is 19.6. The Morgan fingerprint density at radius 2 is 1.70 bits per heavy atom. The molecule has 172 valence electrons. The molecule has 0 aliphatic carbocycles. The topological polar surface area (TPSA) is 70.8 Å². The van der Waals surface area contributed by atoms with Gasteiger partial charge in [0, 0.05) is 31.7 Å². The molecule has 0 N–H and O–H groups in total. The molecule has 7 nitrogen and oxygen atoms in total. The van der Waals surface area contributed by atoms with Crippen LogP contribution in [-0.2, 0) is 9.84 Å². The lowest BCUT2D eigenvalue weighted by molar-refractivity contribution is 0.258. The minimum Gasteiger partial charge on any atom is -0.344 e. The van der Waals surface area contributed by atoms with Crippen molar-refractivity contribution < 1.29 is 12.8 Å². The zero-order valence-electron chi connectivity index (χ0n) is 18.0. The maximum atomic E-state index is 13.2. The smallest absolute Gasteiger partial charge is 0.214 e. The van der Waals surface area contributed by atoms with E-state index in [4.69, 9.17) is 0 Å². The average Bonchev–Trinajstić information content (AvgIpc) is 3.40. The van der Waals surface area contributed by atoms with Crippen molar-refractivity contribution in [2.45, 2.75) is 11.3 Å². The molecule has 1 fully saturated rings. The largest absolute Gasteiger partial charge is 0.344 e. The van der Waals surface area contributed by atoms with Gasteiger partial charge in [0.2, 0.25) is 10.1 Å². The summed E-state index contributed by atoms with van der Waals surface area (Å²) in [6.45, 7) is 4.18. The van der Waals surface area contributed by atoms with Gasteiger partial charge in [0.05, 0.1) is 22.5 Å². The zero-order chi connectivity index (χ0) is 22.8. The number of hydrogen-bond acceptors (Lipinski definition) is 7. The Kier molecular flexibility index (Phi) is 6.13. The van der Waals surface area contributed by atoms with Crippen LogP contribution in [0.1, 0.15) is 6.42 Å². The fraction of sp³-hybridized carbons (Fsp3) is 0.304. The molecule has 2 aromatic heterocycles. The molecular weight excluding hydrogens is 461 g/mol. The lowest BCUT2D eigenvalue weighted by atomic mass is 10.2. The van der Waals surface area contributed by atoms with Crippen molar-refractivity contribution in [3.8, 4) is 11.3 Å². The molecule has 0 radical (unpaired) electrons. The highest BCUT2D eigenvalue weighted by molar-refractivity contribution is 7.91. The molecule has 33 heavy (non-hydrogen) atoms. The van der Waals surface area contributed by atoms with Crippen LogP contribution in [0.4, 0.5) is 9.52 Å². The molecule has 0 spiro atoms. The van der Waals surface area contributed by atoms with Gasteiger partial charge < -0.3 is 4.90 Å². The summed E-state index contributed by atoms with van der Waals surface area (Å²) < 4.78 is 39.8. The van der Waals surface area contributed by atoms with Crippen LogP contribution in [0.15, 0.2) is 65.7 Å². The Balaban J connectivity index is 1.14. The van der Waals surface area contributed by atoms with E-state index in [0.29, 0.717) is 11.3 Å². The number of fused-ring (bicyclic) bond motifs is 1. The Labute approximate surface area is 196 Å². The second kappa shape index (κ2) is 9.20. The lowest BCUT2D eigenvalue weighted by Crippen LogP contribution is -2.46. The van der Waals surface area contributed by atoms with Gasteiger partial charge in [-0.05, 0) is 49.4 Å². The SMILES string of the molecule is O=S(=O)(CCCN1CCN(c2nn3cc(-c4ccc(F)cc4)nc3s2)CC1)c1ccccc1. The van der Waals surface area contributed by atoms with Gasteiger partial charge in [-0.3, -0.25) is 4.90 Å². The van der Waals surface area contributed by atoms with Crippen LogP contribution in [0, 0.1) is 5.82 Å². The summed E-state index contributed by atoms with van der Waals surface area (Å²) in [6.07, 6.45) is 2.49. The van der Waals surface area contributed by atoms with Crippen molar-refractivity contribution in [2.24, 2.45) is 0 Å². The van der Waals surface area contributed by atoms with E-state index in [1.54, 1.807) is 40.9 Å². The lowest BCUT2D eigenvalue weighted by Gasteiger charge is -2.34. The van der Waals surface area contributed by atoms with E-state index in [0.717, 1.165) is 54.1 Å². The van der Waals surface area contributed by atoms with Crippen LogP contribution in [0.3, 0.4) is 0 Å². The average molecular weight is 486 g/mol. The van der Waals surface area contributed by atoms with Crippen LogP contribution in [-0.4, -0.2) is 66.4 Å². The summed E-state index contributed by atoms with van der Waals surface area (Å²) in [5.41, 5.74) is 1.63. The molecule has 0 saturated carbocycles. The van der Waals surface area contributed by atoms with Gasteiger partial charge in [0.25, 0.3) is 0 Å². The molecule has 10 heteroatoms. The van der Waals surface area contributed by atoms with Crippen LogP contribution >= 0.6 is 11.3 Å². The molecule has 1 saturated heterocycles. The van der Waals surface area contributed by atoms with Crippen LogP contribution in [0.5, 0.6) is 0 Å². The first-order valence-corrected chi connectivity index (χ1v) is 13.3. The van der Waals surface area contributed by atoms with Crippen molar-refractivity contribution in [3.63, 3.8) is 0 Å². The molecule has 2 aromatic carbocycles. The van der Waals surface area contributed by atoms with E-state index < -0.39 is 9.84 Å². The standard InChI is InChI=1S/C23H24FN5O2S2/c24-19-9-7-18(8-10-19)21-17-29-22(25-21)32-23(26-29)28-14-12-27(13-15-28)11-4-16-33(30,31)20-5-2-1-3-6-20/h1-3,5-10,17H,4,11-16H2. The molecular formula is C23H24FN5O2S2. The number of benzene rings is 2. The van der Waals surface area contributed by atoms with Gasteiger partial charge in [-0.2, -0.15) is 0 Å². The Morgan fingerprint density at radius 1 is 0.970 bits per heavy atom.